The van der Waals surface area contributed by atoms with Crippen molar-refractivity contribution in [3.8, 4) is 0 Å². The lowest BCUT2D eigenvalue weighted by Crippen LogP contribution is -2.08. The molecule has 0 fully saturated rings. The highest BCUT2D eigenvalue weighted by molar-refractivity contribution is 6.03. The maximum atomic E-state index is 12.6. The second kappa shape index (κ2) is 6.58. The van der Waals surface area contributed by atoms with E-state index in [1.807, 2.05) is 0 Å². The van der Waals surface area contributed by atoms with E-state index in [4.69, 9.17) is 0 Å². The molecule has 0 heterocycles. The van der Waals surface area contributed by atoms with Crippen molar-refractivity contribution in [2.45, 2.75) is 13.3 Å². The zero-order valence-corrected chi connectivity index (χ0v) is 9.48. The molecule has 0 aromatic heterocycles. The number of carbonyl (C=O) groups excluding carboxylic acids is 2. The van der Waals surface area contributed by atoms with Crippen molar-refractivity contribution in [3.63, 3.8) is 0 Å². The maximum Gasteiger partial charge on any atom is 0.313 e. The molecule has 0 radical (unpaired) electrons. The fourth-order valence-electron chi connectivity index (χ4n) is 1.18. The van der Waals surface area contributed by atoms with Gasteiger partial charge in [0.1, 0.15) is 12.2 Å². The molecule has 4 heteroatoms. The summed E-state index contributed by atoms with van der Waals surface area (Å²) in [6, 6.07) is 5.69. The van der Waals surface area contributed by atoms with Crippen LogP contribution in [0.25, 0.3) is 6.08 Å². The molecule has 0 aliphatic carbocycles. The molecule has 0 unspecified atom stereocenters. The molecule has 0 saturated heterocycles. The number of ether oxygens (including phenoxy) is 1. The first-order valence-electron chi connectivity index (χ1n) is 5.24. The zero-order valence-electron chi connectivity index (χ0n) is 9.48. The van der Waals surface area contributed by atoms with Crippen molar-refractivity contribution in [2.75, 3.05) is 6.61 Å². The van der Waals surface area contributed by atoms with Crippen LogP contribution in [0.4, 0.5) is 4.39 Å². The Morgan fingerprint density at radius 1 is 1.29 bits per heavy atom. The van der Waals surface area contributed by atoms with Gasteiger partial charge in [0, 0.05) is 0 Å². The van der Waals surface area contributed by atoms with E-state index in [-0.39, 0.29) is 24.6 Å². The maximum absolute atomic E-state index is 12.6. The summed E-state index contributed by atoms with van der Waals surface area (Å²) in [4.78, 5) is 22.3. The Morgan fingerprint density at radius 3 is 2.53 bits per heavy atom. The van der Waals surface area contributed by atoms with Crippen LogP contribution < -0.4 is 0 Å². The average Bonchev–Trinajstić information content (AvgIpc) is 2.28. The van der Waals surface area contributed by atoms with Crippen LogP contribution in [-0.2, 0) is 14.3 Å². The average molecular weight is 236 g/mol. The third-order valence-corrected chi connectivity index (χ3v) is 1.96. The Balaban J connectivity index is 2.50. The number of hydrogen-bond acceptors (Lipinski definition) is 3. The normalized spacial score (nSPS) is 10.5. The highest BCUT2D eigenvalue weighted by Crippen LogP contribution is 2.05. The SMILES string of the molecule is CCOC(=O)CC(=O)C=Cc1ccc(F)cc1. The Hall–Kier alpha value is -1.97. The van der Waals surface area contributed by atoms with Gasteiger partial charge >= 0.3 is 5.97 Å². The summed E-state index contributed by atoms with van der Waals surface area (Å²) < 4.78 is 17.2. The molecule has 0 aliphatic rings. The second-order valence-electron chi connectivity index (χ2n) is 3.33. The van der Waals surface area contributed by atoms with Crippen molar-refractivity contribution >= 4 is 17.8 Å². The van der Waals surface area contributed by atoms with Crippen LogP contribution in [0.1, 0.15) is 18.9 Å². The smallest absolute Gasteiger partial charge is 0.313 e. The lowest BCUT2D eigenvalue weighted by Gasteiger charge is -1.97. The topological polar surface area (TPSA) is 43.4 Å². The molecule has 0 spiro atoms. The third kappa shape index (κ3) is 5.06. The Labute approximate surface area is 98.9 Å². The molecule has 0 aliphatic heterocycles. The number of esters is 1. The highest BCUT2D eigenvalue weighted by atomic mass is 19.1. The first-order valence-corrected chi connectivity index (χ1v) is 5.24. The minimum Gasteiger partial charge on any atom is -0.466 e. The van der Waals surface area contributed by atoms with Gasteiger partial charge in [-0.3, -0.25) is 9.59 Å². The summed E-state index contributed by atoms with van der Waals surface area (Å²) in [7, 11) is 0. The van der Waals surface area contributed by atoms with E-state index in [0.29, 0.717) is 5.56 Å². The van der Waals surface area contributed by atoms with E-state index >= 15 is 0 Å². The van der Waals surface area contributed by atoms with Gasteiger partial charge in [0.2, 0.25) is 0 Å². The van der Waals surface area contributed by atoms with Gasteiger partial charge in [0.15, 0.2) is 5.78 Å². The first kappa shape index (κ1) is 13.1. The Morgan fingerprint density at radius 2 is 1.94 bits per heavy atom. The summed E-state index contributed by atoms with van der Waals surface area (Å²) >= 11 is 0. The van der Waals surface area contributed by atoms with Gasteiger partial charge in [0.05, 0.1) is 6.61 Å². The van der Waals surface area contributed by atoms with E-state index in [0.717, 1.165) is 0 Å². The molecule has 0 saturated carbocycles. The lowest BCUT2D eigenvalue weighted by molar-refractivity contribution is -0.144. The minimum absolute atomic E-state index is 0.258. The van der Waals surface area contributed by atoms with Crippen LogP contribution in [0.5, 0.6) is 0 Å². The minimum atomic E-state index is -0.541. The van der Waals surface area contributed by atoms with Gasteiger partial charge in [-0.05, 0) is 30.7 Å². The van der Waals surface area contributed by atoms with Crippen LogP contribution in [0, 0.1) is 5.82 Å². The van der Waals surface area contributed by atoms with Crippen molar-refractivity contribution in [3.05, 3.63) is 41.7 Å². The Bertz CT molecular complexity index is 421. The zero-order chi connectivity index (χ0) is 12.7. The fourth-order valence-corrected chi connectivity index (χ4v) is 1.18. The first-order chi connectivity index (χ1) is 8.11. The molecular formula is C13H13FO3. The standard InChI is InChI=1S/C13H13FO3/c1-2-17-13(16)9-12(15)8-5-10-3-6-11(14)7-4-10/h3-8H,2,9H2,1H3. The largest absolute Gasteiger partial charge is 0.466 e. The van der Waals surface area contributed by atoms with Crippen molar-refractivity contribution in [1.82, 2.24) is 0 Å². The molecule has 17 heavy (non-hydrogen) atoms. The quantitative estimate of drug-likeness (QED) is 0.448. The van der Waals surface area contributed by atoms with Crippen LogP contribution in [0.2, 0.25) is 0 Å². The van der Waals surface area contributed by atoms with Crippen LogP contribution in [0.15, 0.2) is 30.3 Å². The summed E-state index contributed by atoms with van der Waals surface area (Å²) in [6.45, 7) is 1.94. The molecular weight excluding hydrogens is 223 g/mol. The summed E-state index contributed by atoms with van der Waals surface area (Å²) in [5.41, 5.74) is 0.698. The number of rotatable bonds is 5. The van der Waals surface area contributed by atoms with E-state index in [1.54, 1.807) is 19.1 Å². The fraction of sp³-hybridized carbons (Fsp3) is 0.231. The number of benzene rings is 1. The molecule has 0 bridgehead atoms. The van der Waals surface area contributed by atoms with E-state index in [1.165, 1.54) is 24.3 Å². The number of ketones is 1. The lowest BCUT2D eigenvalue weighted by atomic mass is 10.2. The summed E-state index contributed by atoms with van der Waals surface area (Å²) in [5.74, 6) is -1.21. The molecule has 0 atom stereocenters. The number of allylic oxidation sites excluding steroid dienone is 1. The summed E-state index contributed by atoms with van der Waals surface area (Å²) in [5, 5.41) is 0. The van der Waals surface area contributed by atoms with Gasteiger partial charge in [-0.15, -0.1) is 0 Å². The van der Waals surface area contributed by atoms with E-state index in [2.05, 4.69) is 4.74 Å². The van der Waals surface area contributed by atoms with Crippen molar-refractivity contribution < 1.29 is 18.7 Å². The molecule has 0 amide bonds. The molecule has 90 valence electrons. The summed E-state index contributed by atoms with van der Waals surface area (Å²) in [6.07, 6.45) is 2.54. The van der Waals surface area contributed by atoms with Gasteiger partial charge in [-0.2, -0.15) is 0 Å². The molecule has 1 rings (SSSR count). The Kier molecular flexibility index (Phi) is 5.07. The van der Waals surface area contributed by atoms with Crippen LogP contribution in [0.3, 0.4) is 0 Å². The molecule has 1 aromatic rings. The third-order valence-electron chi connectivity index (χ3n) is 1.96. The van der Waals surface area contributed by atoms with Gasteiger partial charge in [-0.1, -0.05) is 18.2 Å². The molecule has 1 aromatic carbocycles. The van der Waals surface area contributed by atoms with Crippen LogP contribution in [-0.4, -0.2) is 18.4 Å². The van der Waals surface area contributed by atoms with E-state index in [9.17, 15) is 14.0 Å². The second-order valence-corrected chi connectivity index (χ2v) is 3.33. The highest BCUT2D eigenvalue weighted by Gasteiger charge is 2.06. The van der Waals surface area contributed by atoms with Crippen molar-refractivity contribution in [2.24, 2.45) is 0 Å². The van der Waals surface area contributed by atoms with Crippen LogP contribution >= 0.6 is 0 Å². The van der Waals surface area contributed by atoms with Gasteiger partial charge < -0.3 is 4.74 Å². The predicted octanol–water partition coefficient (Wildman–Crippen LogP) is 2.36. The van der Waals surface area contributed by atoms with Gasteiger partial charge in [0.25, 0.3) is 0 Å². The monoisotopic (exact) mass is 236 g/mol. The van der Waals surface area contributed by atoms with E-state index < -0.39 is 5.97 Å². The predicted molar refractivity (Wildman–Crippen MR) is 61.7 cm³/mol. The number of hydrogen-bond donors (Lipinski definition) is 0. The molecule has 3 nitrogen and oxygen atoms in total. The molecule has 0 N–H and O–H groups in total. The number of halogens is 1. The number of carbonyl (C=O) groups is 2. The van der Waals surface area contributed by atoms with Gasteiger partial charge in [-0.25, -0.2) is 4.39 Å². The van der Waals surface area contributed by atoms with Crippen molar-refractivity contribution in [1.29, 1.82) is 0 Å².